The molecule has 0 spiro atoms. The molecule has 1 atom stereocenters. The molecule has 5 nitrogen and oxygen atoms in total. The van der Waals surface area contributed by atoms with Crippen molar-refractivity contribution in [1.29, 1.82) is 0 Å². The molecule has 0 saturated carbocycles. The molecule has 0 aromatic heterocycles. The second-order valence-electron chi connectivity index (χ2n) is 2.58. The van der Waals surface area contributed by atoms with Crippen LogP contribution in [0.4, 0.5) is 0 Å². The highest BCUT2D eigenvalue weighted by Gasteiger charge is 2.46. The van der Waals surface area contributed by atoms with Gasteiger partial charge in [-0.15, -0.1) is 0 Å². The zero-order valence-corrected chi connectivity index (χ0v) is 9.03. The standard InChI is InChI=1S/C6H18N2O3Si/c1-5(6(7)8)12(9-2,10-3)11-4/h5-6H,7-8H2,1-4H3. The highest BCUT2D eigenvalue weighted by molar-refractivity contribution is 6.62. The van der Waals surface area contributed by atoms with Gasteiger partial charge < -0.3 is 24.7 Å². The van der Waals surface area contributed by atoms with Crippen LogP contribution in [0.5, 0.6) is 0 Å². The van der Waals surface area contributed by atoms with E-state index in [0.29, 0.717) is 0 Å². The molecule has 0 aromatic carbocycles. The summed E-state index contributed by atoms with van der Waals surface area (Å²) in [6.07, 6.45) is -0.489. The lowest BCUT2D eigenvalue weighted by molar-refractivity contribution is 0.109. The molecule has 0 saturated heterocycles. The van der Waals surface area contributed by atoms with Crippen LogP contribution in [0, 0.1) is 0 Å². The normalized spacial score (nSPS) is 15.2. The third-order valence-electron chi connectivity index (χ3n) is 1.99. The van der Waals surface area contributed by atoms with Gasteiger partial charge in [0.1, 0.15) is 0 Å². The second-order valence-corrected chi connectivity index (χ2v) is 5.92. The van der Waals surface area contributed by atoms with Crippen molar-refractivity contribution in [2.45, 2.75) is 18.6 Å². The van der Waals surface area contributed by atoms with Crippen molar-refractivity contribution < 1.29 is 13.3 Å². The fourth-order valence-corrected chi connectivity index (χ4v) is 3.13. The number of hydrogen-bond acceptors (Lipinski definition) is 5. The maximum Gasteiger partial charge on any atom is 0.506 e. The van der Waals surface area contributed by atoms with Crippen LogP contribution < -0.4 is 11.5 Å². The summed E-state index contributed by atoms with van der Waals surface area (Å²) in [5.74, 6) is 0. The largest absolute Gasteiger partial charge is 0.506 e. The van der Waals surface area contributed by atoms with E-state index in [4.69, 9.17) is 24.7 Å². The van der Waals surface area contributed by atoms with Crippen molar-refractivity contribution in [1.82, 2.24) is 0 Å². The van der Waals surface area contributed by atoms with Crippen LogP contribution >= 0.6 is 0 Å². The van der Waals surface area contributed by atoms with E-state index in [9.17, 15) is 0 Å². The SMILES string of the molecule is CO[Si](OC)(OC)C(C)C(N)N. The van der Waals surface area contributed by atoms with Crippen molar-refractivity contribution in [3.8, 4) is 0 Å². The lowest BCUT2D eigenvalue weighted by Gasteiger charge is -2.31. The molecule has 0 aliphatic carbocycles. The second kappa shape index (κ2) is 4.90. The van der Waals surface area contributed by atoms with Gasteiger partial charge in [-0.1, -0.05) is 6.92 Å². The van der Waals surface area contributed by atoms with E-state index in [1.54, 1.807) is 0 Å². The Morgan fingerprint density at radius 2 is 1.33 bits per heavy atom. The summed E-state index contributed by atoms with van der Waals surface area (Å²) in [5, 5.41) is 0. The van der Waals surface area contributed by atoms with Gasteiger partial charge >= 0.3 is 8.80 Å². The van der Waals surface area contributed by atoms with Crippen LogP contribution in [0.15, 0.2) is 0 Å². The Hall–Kier alpha value is 0.0169. The molecular formula is C6H18N2O3Si. The van der Waals surface area contributed by atoms with Crippen molar-refractivity contribution in [3.63, 3.8) is 0 Å². The molecule has 1 unspecified atom stereocenters. The van der Waals surface area contributed by atoms with Gasteiger partial charge in [0.25, 0.3) is 0 Å². The van der Waals surface area contributed by atoms with E-state index >= 15 is 0 Å². The van der Waals surface area contributed by atoms with Crippen LogP contribution in [0.3, 0.4) is 0 Å². The first-order valence-corrected chi connectivity index (χ1v) is 5.51. The van der Waals surface area contributed by atoms with Gasteiger partial charge in [0, 0.05) is 21.3 Å². The summed E-state index contributed by atoms with van der Waals surface area (Å²) >= 11 is 0. The highest BCUT2D eigenvalue weighted by atomic mass is 28.4. The highest BCUT2D eigenvalue weighted by Crippen LogP contribution is 2.23. The van der Waals surface area contributed by atoms with Crippen molar-refractivity contribution in [2.75, 3.05) is 21.3 Å². The Labute approximate surface area is 74.3 Å². The first-order valence-electron chi connectivity index (χ1n) is 3.70. The topological polar surface area (TPSA) is 79.7 Å². The van der Waals surface area contributed by atoms with Crippen molar-refractivity contribution >= 4 is 8.80 Å². The van der Waals surface area contributed by atoms with E-state index in [1.807, 2.05) is 6.92 Å². The van der Waals surface area contributed by atoms with E-state index in [-0.39, 0.29) is 5.54 Å². The van der Waals surface area contributed by atoms with Gasteiger partial charge in [-0.25, -0.2) is 0 Å². The van der Waals surface area contributed by atoms with Gasteiger partial charge in [0.15, 0.2) is 0 Å². The first kappa shape index (κ1) is 12.0. The van der Waals surface area contributed by atoms with Gasteiger partial charge in [0.05, 0.1) is 11.7 Å². The van der Waals surface area contributed by atoms with E-state index in [2.05, 4.69) is 0 Å². The summed E-state index contributed by atoms with van der Waals surface area (Å²) in [7, 11) is 1.99. The summed E-state index contributed by atoms with van der Waals surface area (Å²) in [6.45, 7) is 1.85. The Bertz CT molecular complexity index is 122. The Morgan fingerprint density at radius 3 is 1.42 bits per heavy atom. The molecule has 0 aliphatic heterocycles. The lowest BCUT2D eigenvalue weighted by Crippen LogP contribution is -2.55. The minimum Gasteiger partial charge on any atom is -0.377 e. The molecule has 0 radical (unpaired) electrons. The fraction of sp³-hybridized carbons (Fsp3) is 1.00. The monoisotopic (exact) mass is 194 g/mol. The van der Waals surface area contributed by atoms with Crippen molar-refractivity contribution in [3.05, 3.63) is 0 Å². The molecule has 0 heterocycles. The maximum atomic E-state index is 5.52. The van der Waals surface area contributed by atoms with Crippen molar-refractivity contribution in [2.24, 2.45) is 11.5 Å². The Kier molecular flexibility index (Phi) is 4.91. The molecule has 6 heteroatoms. The Balaban J connectivity index is 4.46. The number of hydrogen-bond donors (Lipinski definition) is 2. The summed E-state index contributed by atoms with van der Waals surface area (Å²) in [4.78, 5) is 0. The Morgan fingerprint density at radius 1 is 1.00 bits per heavy atom. The summed E-state index contributed by atoms with van der Waals surface area (Å²) in [5.41, 5.74) is 10.9. The first-order chi connectivity index (χ1) is 5.54. The smallest absolute Gasteiger partial charge is 0.377 e. The summed E-state index contributed by atoms with van der Waals surface area (Å²) < 4.78 is 15.6. The predicted molar refractivity (Wildman–Crippen MR) is 48.4 cm³/mol. The molecule has 12 heavy (non-hydrogen) atoms. The molecule has 0 fully saturated rings. The fourth-order valence-electron chi connectivity index (χ4n) is 1.04. The third kappa shape index (κ3) is 2.25. The van der Waals surface area contributed by atoms with E-state index < -0.39 is 15.0 Å². The number of rotatable bonds is 5. The minimum absolute atomic E-state index is 0.113. The molecule has 74 valence electrons. The zero-order valence-electron chi connectivity index (χ0n) is 8.03. The number of nitrogens with two attached hydrogens (primary N) is 2. The molecule has 0 bridgehead atoms. The average molecular weight is 194 g/mol. The van der Waals surface area contributed by atoms with Crippen LogP contribution in [0.2, 0.25) is 5.54 Å². The zero-order chi connectivity index (χ0) is 9.78. The molecule has 0 aromatic rings. The van der Waals surface area contributed by atoms with Crippen LogP contribution in [-0.4, -0.2) is 36.3 Å². The van der Waals surface area contributed by atoms with Gasteiger partial charge in [0.2, 0.25) is 0 Å². The molecule has 0 amide bonds. The van der Waals surface area contributed by atoms with E-state index in [1.165, 1.54) is 21.3 Å². The van der Waals surface area contributed by atoms with Crippen LogP contribution in [0.25, 0.3) is 0 Å². The minimum atomic E-state index is -2.63. The molecule has 4 N–H and O–H groups in total. The van der Waals surface area contributed by atoms with Crippen LogP contribution in [-0.2, 0) is 13.3 Å². The lowest BCUT2D eigenvalue weighted by atomic mass is 10.4. The van der Waals surface area contributed by atoms with Crippen LogP contribution in [0.1, 0.15) is 6.92 Å². The third-order valence-corrected chi connectivity index (χ3v) is 5.20. The molecular weight excluding hydrogens is 176 g/mol. The van der Waals surface area contributed by atoms with Gasteiger partial charge in [-0.05, 0) is 0 Å². The molecule has 0 aliphatic rings. The quantitative estimate of drug-likeness (QED) is 0.455. The predicted octanol–water partition coefficient (Wildman–Crippen LogP) is -0.502. The average Bonchev–Trinajstić information content (AvgIpc) is 2.08. The molecule has 0 rings (SSSR count). The van der Waals surface area contributed by atoms with E-state index in [0.717, 1.165) is 0 Å². The summed E-state index contributed by atoms with van der Waals surface area (Å²) in [6, 6.07) is 0. The maximum absolute atomic E-state index is 5.52. The van der Waals surface area contributed by atoms with Gasteiger partial charge in [-0.3, -0.25) is 0 Å². The van der Waals surface area contributed by atoms with Gasteiger partial charge in [-0.2, -0.15) is 0 Å².